The van der Waals surface area contributed by atoms with Crippen LogP contribution in [-0.4, -0.2) is 23.8 Å². The van der Waals surface area contributed by atoms with E-state index in [1.807, 2.05) is 55.6 Å². The van der Waals surface area contributed by atoms with Gasteiger partial charge in [-0.2, -0.15) is 4.31 Å². The van der Waals surface area contributed by atoms with E-state index >= 15 is 0 Å². The van der Waals surface area contributed by atoms with Gasteiger partial charge in [-0.1, -0.05) is 30.3 Å². The van der Waals surface area contributed by atoms with Crippen LogP contribution in [0.5, 0.6) is 0 Å². The average molecular weight is 302 g/mol. The second-order valence-corrected chi connectivity index (χ2v) is 6.94. The van der Waals surface area contributed by atoms with E-state index in [9.17, 15) is 8.42 Å². The fourth-order valence-electron chi connectivity index (χ4n) is 2.71. The number of aromatic nitrogens is 1. The molecule has 0 bridgehead atoms. The number of hydrogen-bond donors (Lipinski definition) is 0. The first kappa shape index (κ1) is 14.1. The third kappa shape index (κ3) is 2.80. The van der Waals surface area contributed by atoms with Gasteiger partial charge in [0.05, 0.1) is 6.04 Å². The zero-order valence-corrected chi connectivity index (χ0v) is 12.7. The largest absolute Gasteiger partial charge is 0.349 e. The van der Waals surface area contributed by atoms with E-state index in [4.69, 9.17) is 0 Å². The lowest BCUT2D eigenvalue weighted by atomic mass is 10.2. The second-order valence-electron chi connectivity index (χ2n) is 5.17. The Morgan fingerprint density at radius 2 is 1.86 bits per heavy atom. The summed E-state index contributed by atoms with van der Waals surface area (Å²) in [5.41, 5.74) is 1.92. The van der Waals surface area contributed by atoms with Crippen LogP contribution in [0.4, 0.5) is 0 Å². The molecule has 5 heteroatoms. The molecule has 0 aliphatic carbocycles. The molecule has 21 heavy (non-hydrogen) atoms. The van der Waals surface area contributed by atoms with Crippen molar-refractivity contribution < 1.29 is 8.42 Å². The van der Waals surface area contributed by atoms with Crippen LogP contribution in [0, 0.1) is 0 Å². The lowest BCUT2D eigenvalue weighted by Gasteiger charge is -2.32. The first-order valence-electron chi connectivity index (χ1n) is 6.98. The maximum Gasteiger partial charge on any atom is 0.236 e. The molecule has 3 rings (SSSR count). The lowest BCUT2D eigenvalue weighted by molar-refractivity contribution is 0.285. The molecule has 2 heterocycles. The number of rotatable bonds is 3. The van der Waals surface area contributed by atoms with Crippen LogP contribution in [0.25, 0.3) is 6.08 Å². The highest BCUT2D eigenvalue weighted by Gasteiger charge is 2.30. The standard InChI is InChI=1S/C16H18N2O2S/c1-14-16-8-5-10-17(16)11-12-18(14)21(19,20)13-9-15-6-3-2-4-7-15/h2-10,13-14H,11-12H2,1H3. The normalized spacial score (nSPS) is 19.8. The minimum atomic E-state index is -3.41. The molecule has 0 radical (unpaired) electrons. The van der Waals surface area contributed by atoms with Gasteiger partial charge in [-0.25, -0.2) is 8.42 Å². The molecule has 110 valence electrons. The third-order valence-electron chi connectivity index (χ3n) is 3.84. The molecule has 0 fully saturated rings. The summed E-state index contributed by atoms with van der Waals surface area (Å²) in [6.07, 6.45) is 3.64. The first-order valence-corrected chi connectivity index (χ1v) is 8.48. The van der Waals surface area contributed by atoms with Gasteiger partial charge in [0.25, 0.3) is 0 Å². The summed E-state index contributed by atoms with van der Waals surface area (Å²) >= 11 is 0. The zero-order valence-electron chi connectivity index (χ0n) is 11.9. The minimum Gasteiger partial charge on any atom is -0.349 e. The highest BCUT2D eigenvalue weighted by atomic mass is 32.2. The van der Waals surface area contributed by atoms with Crippen molar-refractivity contribution in [2.75, 3.05) is 6.54 Å². The van der Waals surface area contributed by atoms with Crippen LogP contribution < -0.4 is 0 Å². The van der Waals surface area contributed by atoms with Gasteiger partial charge in [0.1, 0.15) is 0 Å². The average Bonchev–Trinajstić information content (AvgIpc) is 2.96. The van der Waals surface area contributed by atoms with Gasteiger partial charge in [0, 0.05) is 30.4 Å². The predicted molar refractivity (Wildman–Crippen MR) is 83.9 cm³/mol. The molecule has 0 N–H and O–H groups in total. The fraction of sp³-hybridized carbons (Fsp3) is 0.250. The molecule has 0 saturated carbocycles. The Hall–Kier alpha value is -1.85. The molecule has 1 aromatic heterocycles. The lowest BCUT2D eigenvalue weighted by Crippen LogP contribution is -2.39. The molecular formula is C16H18N2O2S. The summed E-state index contributed by atoms with van der Waals surface area (Å²) < 4.78 is 28.7. The van der Waals surface area contributed by atoms with Crippen molar-refractivity contribution in [1.82, 2.24) is 8.87 Å². The molecule has 1 unspecified atom stereocenters. The third-order valence-corrected chi connectivity index (χ3v) is 5.48. The van der Waals surface area contributed by atoms with Gasteiger partial charge >= 0.3 is 0 Å². The van der Waals surface area contributed by atoms with E-state index in [0.717, 1.165) is 11.3 Å². The van der Waals surface area contributed by atoms with Crippen LogP contribution in [0.3, 0.4) is 0 Å². The Morgan fingerprint density at radius 3 is 2.62 bits per heavy atom. The molecule has 1 aliphatic heterocycles. The number of benzene rings is 1. The van der Waals surface area contributed by atoms with E-state index in [1.165, 1.54) is 5.41 Å². The van der Waals surface area contributed by atoms with Crippen LogP contribution in [0.1, 0.15) is 24.2 Å². The number of hydrogen-bond acceptors (Lipinski definition) is 2. The molecule has 0 spiro atoms. The SMILES string of the molecule is CC1c2cccn2CCN1S(=O)(=O)C=Cc1ccccc1. The highest BCUT2D eigenvalue weighted by molar-refractivity contribution is 7.92. The van der Waals surface area contributed by atoms with Crippen molar-refractivity contribution in [3.63, 3.8) is 0 Å². The van der Waals surface area contributed by atoms with E-state index in [1.54, 1.807) is 10.4 Å². The van der Waals surface area contributed by atoms with Crippen LogP contribution in [-0.2, 0) is 16.6 Å². The van der Waals surface area contributed by atoms with Crippen molar-refractivity contribution in [3.8, 4) is 0 Å². The molecule has 2 aromatic rings. The fourth-order valence-corrected chi connectivity index (χ4v) is 4.08. The maximum atomic E-state index is 12.5. The van der Waals surface area contributed by atoms with Crippen LogP contribution in [0.2, 0.25) is 0 Å². The van der Waals surface area contributed by atoms with Crippen molar-refractivity contribution in [3.05, 3.63) is 65.3 Å². The summed E-state index contributed by atoms with van der Waals surface area (Å²) in [6, 6.07) is 13.3. The predicted octanol–water partition coefficient (Wildman–Crippen LogP) is 2.87. The molecule has 1 aromatic carbocycles. The number of fused-ring (bicyclic) bond motifs is 1. The molecular weight excluding hydrogens is 284 g/mol. The quantitative estimate of drug-likeness (QED) is 0.875. The van der Waals surface area contributed by atoms with Crippen molar-refractivity contribution in [1.29, 1.82) is 0 Å². The maximum absolute atomic E-state index is 12.5. The summed E-state index contributed by atoms with van der Waals surface area (Å²) in [7, 11) is -3.41. The number of sulfonamides is 1. The Morgan fingerprint density at radius 1 is 1.10 bits per heavy atom. The summed E-state index contributed by atoms with van der Waals surface area (Å²) in [6.45, 7) is 3.13. The van der Waals surface area contributed by atoms with Gasteiger partial charge in [-0.15, -0.1) is 0 Å². The molecule has 1 atom stereocenters. The Bertz CT molecular complexity index is 748. The summed E-state index contributed by atoms with van der Waals surface area (Å²) in [5, 5.41) is 1.30. The van der Waals surface area contributed by atoms with Crippen molar-refractivity contribution >= 4 is 16.1 Å². The number of nitrogens with zero attached hydrogens (tertiary/aromatic N) is 2. The summed E-state index contributed by atoms with van der Waals surface area (Å²) in [4.78, 5) is 0. The van der Waals surface area contributed by atoms with Crippen molar-refractivity contribution in [2.45, 2.75) is 19.5 Å². The van der Waals surface area contributed by atoms with E-state index < -0.39 is 10.0 Å². The Kier molecular flexibility index (Phi) is 3.69. The highest BCUT2D eigenvalue weighted by Crippen LogP contribution is 2.28. The minimum absolute atomic E-state index is 0.140. The van der Waals surface area contributed by atoms with Crippen molar-refractivity contribution in [2.24, 2.45) is 0 Å². The second kappa shape index (κ2) is 5.50. The molecule has 0 amide bonds. The molecule has 0 saturated heterocycles. The monoisotopic (exact) mass is 302 g/mol. The molecule has 4 nitrogen and oxygen atoms in total. The van der Waals surface area contributed by atoms with Gasteiger partial charge in [-0.05, 0) is 30.7 Å². The Balaban J connectivity index is 1.85. The van der Waals surface area contributed by atoms with E-state index in [0.29, 0.717) is 13.1 Å². The van der Waals surface area contributed by atoms with E-state index in [-0.39, 0.29) is 6.04 Å². The zero-order chi connectivity index (χ0) is 14.9. The van der Waals surface area contributed by atoms with Gasteiger partial charge in [-0.3, -0.25) is 0 Å². The van der Waals surface area contributed by atoms with Gasteiger partial charge in [0.15, 0.2) is 0 Å². The van der Waals surface area contributed by atoms with E-state index in [2.05, 4.69) is 4.57 Å². The first-order chi connectivity index (χ1) is 10.1. The Labute approximate surface area is 125 Å². The van der Waals surface area contributed by atoms with Crippen LogP contribution in [0.15, 0.2) is 54.1 Å². The topological polar surface area (TPSA) is 42.3 Å². The molecule has 1 aliphatic rings. The van der Waals surface area contributed by atoms with Crippen LogP contribution >= 0.6 is 0 Å². The smallest absolute Gasteiger partial charge is 0.236 e. The van der Waals surface area contributed by atoms with Gasteiger partial charge in [0.2, 0.25) is 10.0 Å². The van der Waals surface area contributed by atoms with Gasteiger partial charge < -0.3 is 4.57 Å². The summed E-state index contributed by atoms with van der Waals surface area (Å²) in [5.74, 6) is 0.